The lowest BCUT2D eigenvalue weighted by molar-refractivity contribution is 0.198. The van der Waals surface area contributed by atoms with Crippen molar-refractivity contribution in [3.8, 4) is 17.2 Å². The fraction of sp³-hybridized carbons (Fsp3) is 0.200. The molecule has 0 aromatic heterocycles. The molecule has 0 aliphatic rings. The molecule has 2 rings (SSSR count). The van der Waals surface area contributed by atoms with Crippen LogP contribution in [0, 0.1) is 0 Å². The first-order valence-electron chi connectivity index (χ1n) is 6.10. The maximum absolute atomic E-state index is 9.62. The Bertz CT molecular complexity index is 657. The van der Waals surface area contributed by atoms with Crippen LogP contribution in [0.1, 0.15) is 18.6 Å². The Morgan fingerprint density at radius 1 is 0.952 bits per heavy atom. The number of ether oxygens (including phenoxy) is 2. The summed E-state index contributed by atoms with van der Waals surface area (Å²) in [6.45, 7) is 1.72. The van der Waals surface area contributed by atoms with Crippen molar-refractivity contribution in [2.45, 2.75) is 13.0 Å². The van der Waals surface area contributed by atoms with Gasteiger partial charge in [-0.25, -0.2) is 0 Å². The van der Waals surface area contributed by atoms with Crippen LogP contribution >= 0.6 is 47.8 Å². The van der Waals surface area contributed by atoms with Gasteiger partial charge in [0.1, 0.15) is 17.2 Å². The van der Waals surface area contributed by atoms with Gasteiger partial charge in [0.2, 0.25) is 0 Å². The lowest BCUT2D eigenvalue weighted by Gasteiger charge is -2.13. The third-order valence-electron chi connectivity index (χ3n) is 2.86. The minimum absolute atomic E-state index is 0.532. The Hall–Kier alpha value is -0.560. The van der Waals surface area contributed by atoms with E-state index in [2.05, 4.69) is 47.8 Å². The SMILES string of the molecule is COc1cc(Br)c(Oc2ccc(C(C)O)c(Br)c2)cc1Br. The predicted octanol–water partition coefficient (Wildman–Crippen LogP) is 5.83. The van der Waals surface area contributed by atoms with Gasteiger partial charge in [0.25, 0.3) is 0 Å². The molecule has 1 atom stereocenters. The second-order valence-corrected chi connectivity index (χ2v) is 6.94. The molecule has 0 heterocycles. The van der Waals surface area contributed by atoms with E-state index in [1.807, 2.05) is 30.3 Å². The zero-order chi connectivity index (χ0) is 15.6. The molecule has 0 fully saturated rings. The summed E-state index contributed by atoms with van der Waals surface area (Å²) in [5.41, 5.74) is 0.817. The number of benzene rings is 2. The Kier molecular flexibility index (Phi) is 5.71. The summed E-state index contributed by atoms with van der Waals surface area (Å²) in [6, 6.07) is 9.14. The van der Waals surface area contributed by atoms with Crippen LogP contribution in [0.4, 0.5) is 0 Å². The zero-order valence-corrected chi connectivity index (χ0v) is 16.1. The van der Waals surface area contributed by atoms with Crippen molar-refractivity contribution in [3.63, 3.8) is 0 Å². The molecule has 0 saturated carbocycles. The summed E-state index contributed by atoms with van der Waals surface area (Å²) in [5.74, 6) is 2.06. The first-order chi connectivity index (χ1) is 9.92. The van der Waals surface area contributed by atoms with Crippen molar-refractivity contribution in [1.29, 1.82) is 0 Å². The second kappa shape index (κ2) is 7.13. The van der Waals surface area contributed by atoms with E-state index in [1.54, 1.807) is 14.0 Å². The topological polar surface area (TPSA) is 38.7 Å². The predicted molar refractivity (Wildman–Crippen MR) is 93.2 cm³/mol. The van der Waals surface area contributed by atoms with E-state index in [4.69, 9.17) is 9.47 Å². The van der Waals surface area contributed by atoms with E-state index >= 15 is 0 Å². The standard InChI is InChI=1S/C15H13Br3O3/c1-8(19)10-4-3-9(5-11(10)16)21-15-7-12(17)14(20-2)6-13(15)18/h3-8,19H,1-2H3. The molecule has 2 aromatic rings. The van der Waals surface area contributed by atoms with Gasteiger partial charge >= 0.3 is 0 Å². The highest BCUT2D eigenvalue weighted by atomic mass is 79.9. The van der Waals surface area contributed by atoms with Gasteiger partial charge in [-0.2, -0.15) is 0 Å². The number of hydrogen-bond acceptors (Lipinski definition) is 3. The van der Waals surface area contributed by atoms with Crippen LogP contribution in [0.3, 0.4) is 0 Å². The summed E-state index contributed by atoms with van der Waals surface area (Å²) < 4.78 is 13.5. The fourth-order valence-corrected chi connectivity index (χ4v) is 3.36. The molecule has 0 spiro atoms. The number of methoxy groups -OCH3 is 1. The van der Waals surface area contributed by atoms with Crippen molar-refractivity contribution in [2.24, 2.45) is 0 Å². The van der Waals surface area contributed by atoms with Gasteiger partial charge in [0.15, 0.2) is 0 Å². The van der Waals surface area contributed by atoms with Gasteiger partial charge in [-0.05, 0) is 68.6 Å². The molecular formula is C15H13Br3O3. The first-order valence-corrected chi connectivity index (χ1v) is 8.48. The van der Waals surface area contributed by atoms with Crippen molar-refractivity contribution in [1.82, 2.24) is 0 Å². The number of aliphatic hydroxyl groups excluding tert-OH is 1. The highest BCUT2D eigenvalue weighted by molar-refractivity contribution is 9.11. The highest BCUT2D eigenvalue weighted by Gasteiger charge is 2.11. The molecule has 0 amide bonds. The molecule has 1 unspecified atom stereocenters. The lowest BCUT2D eigenvalue weighted by Crippen LogP contribution is -1.94. The molecule has 3 nitrogen and oxygen atoms in total. The Morgan fingerprint density at radius 3 is 2.14 bits per heavy atom. The van der Waals surface area contributed by atoms with Crippen LogP contribution in [0.2, 0.25) is 0 Å². The van der Waals surface area contributed by atoms with Crippen molar-refractivity contribution in [2.75, 3.05) is 7.11 Å². The van der Waals surface area contributed by atoms with E-state index in [0.29, 0.717) is 11.5 Å². The van der Waals surface area contributed by atoms with Gasteiger partial charge in [-0.1, -0.05) is 22.0 Å². The number of aliphatic hydroxyl groups is 1. The van der Waals surface area contributed by atoms with Crippen molar-refractivity contribution >= 4 is 47.8 Å². The highest BCUT2D eigenvalue weighted by Crippen LogP contribution is 2.39. The third kappa shape index (κ3) is 4.00. The minimum atomic E-state index is -0.532. The Morgan fingerprint density at radius 2 is 1.57 bits per heavy atom. The van der Waals surface area contributed by atoms with Crippen LogP contribution in [-0.4, -0.2) is 12.2 Å². The van der Waals surface area contributed by atoms with Gasteiger partial charge in [-0.15, -0.1) is 0 Å². The van der Waals surface area contributed by atoms with Gasteiger partial charge in [0, 0.05) is 4.47 Å². The molecule has 6 heteroatoms. The number of rotatable bonds is 4. The third-order valence-corrected chi connectivity index (χ3v) is 4.78. The van der Waals surface area contributed by atoms with E-state index in [-0.39, 0.29) is 0 Å². The van der Waals surface area contributed by atoms with Crippen LogP contribution in [0.25, 0.3) is 0 Å². The maximum Gasteiger partial charge on any atom is 0.143 e. The normalized spacial score (nSPS) is 12.1. The molecule has 0 radical (unpaired) electrons. The smallest absolute Gasteiger partial charge is 0.143 e. The van der Waals surface area contributed by atoms with Gasteiger partial charge in [0.05, 0.1) is 22.2 Å². The van der Waals surface area contributed by atoms with E-state index < -0.39 is 6.10 Å². The molecule has 112 valence electrons. The summed E-state index contributed by atoms with van der Waals surface area (Å²) in [6.07, 6.45) is -0.532. The van der Waals surface area contributed by atoms with Gasteiger partial charge < -0.3 is 14.6 Å². The molecular weight excluding hydrogens is 468 g/mol. The molecule has 21 heavy (non-hydrogen) atoms. The Balaban J connectivity index is 2.30. The van der Waals surface area contributed by atoms with Crippen LogP contribution < -0.4 is 9.47 Å². The molecule has 0 aliphatic heterocycles. The largest absolute Gasteiger partial charge is 0.496 e. The summed E-state index contributed by atoms with van der Waals surface area (Å²) >= 11 is 10.3. The van der Waals surface area contributed by atoms with Crippen LogP contribution in [0.15, 0.2) is 43.7 Å². The van der Waals surface area contributed by atoms with E-state index in [9.17, 15) is 5.11 Å². The van der Waals surface area contributed by atoms with Gasteiger partial charge in [-0.3, -0.25) is 0 Å². The average molecular weight is 481 g/mol. The molecule has 0 aliphatic carbocycles. The van der Waals surface area contributed by atoms with E-state index in [1.165, 1.54) is 0 Å². The molecule has 0 bridgehead atoms. The number of hydrogen-bond donors (Lipinski definition) is 1. The summed E-state index contributed by atoms with van der Waals surface area (Å²) in [7, 11) is 1.61. The minimum Gasteiger partial charge on any atom is -0.496 e. The first kappa shape index (κ1) is 16.8. The fourth-order valence-electron chi connectivity index (χ4n) is 1.78. The summed E-state index contributed by atoms with van der Waals surface area (Å²) in [4.78, 5) is 0. The van der Waals surface area contributed by atoms with E-state index in [0.717, 1.165) is 24.7 Å². The molecule has 1 N–H and O–H groups in total. The molecule has 2 aromatic carbocycles. The van der Waals surface area contributed by atoms with Crippen molar-refractivity contribution < 1.29 is 14.6 Å². The lowest BCUT2D eigenvalue weighted by atomic mass is 10.1. The molecule has 0 saturated heterocycles. The average Bonchev–Trinajstić information content (AvgIpc) is 2.42. The Labute approximate surface area is 148 Å². The monoisotopic (exact) mass is 478 g/mol. The maximum atomic E-state index is 9.62. The quantitative estimate of drug-likeness (QED) is 0.598. The van der Waals surface area contributed by atoms with Crippen molar-refractivity contribution in [3.05, 3.63) is 49.3 Å². The zero-order valence-electron chi connectivity index (χ0n) is 11.4. The van der Waals surface area contributed by atoms with Crippen LogP contribution in [-0.2, 0) is 0 Å². The summed E-state index contributed by atoms with van der Waals surface area (Å²) in [5, 5.41) is 9.62. The van der Waals surface area contributed by atoms with Crippen LogP contribution in [0.5, 0.6) is 17.2 Å². The number of halogens is 3. The second-order valence-electron chi connectivity index (χ2n) is 4.38.